The van der Waals surface area contributed by atoms with Crippen LogP contribution in [0.4, 0.5) is 11.9 Å². The van der Waals surface area contributed by atoms with E-state index < -0.39 is 0 Å². The third kappa shape index (κ3) is 5.29. The lowest BCUT2D eigenvalue weighted by Gasteiger charge is -2.04. The van der Waals surface area contributed by atoms with Gasteiger partial charge in [0.2, 0.25) is 5.95 Å². The summed E-state index contributed by atoms with van der Waals surface area (Å²) in [5, 5.41) is 11.3. The van der Waals surface area contributed by atoms with E-state index in [0.29, 0.717) is 6.61 Å². The summed E-state index contributed by atoms with van der Waals surface area (Å²) in [4.78, 5) is 11.5. The quantitative estimate of drug-likeness (QED) is 0.404. The van der Waals surface area contributed by atoms with Crippen molar-refractivity contribution in [2.24, 2.45) is 0 Å². The number of anilines is 2. The van der Waals surface area contributed by atoms with Gasteiger partial charge in [-0.2, -0.15) is 15.0 Å². The standard InChI is InChI=1S/C13H9N5O2/c1-3-5-6-7-8-9-10-14-11-15-12(18-19)17-13(16-11)20-4-2/h1,19H,4H2,2H3,(H2,14,15,16,17,18). The van der Waals surface area contributed by atoms with Crippen LogP contribution in [-0.2, 0) is 0 Å². The summed E-state index contributed by atoms with van der Waals surface area (Å²) in [6.45, 7) is 2.15. The molecule has 7 heteroatoms. The van der Waals surface area contributed by atoms with E-state index in [9.17, 15) is 0 Å². The SMILES string of the molecule is C#CC#CC#CC#CNc1nc(NO)nc(OCC)n1. The van der Waals surface area contributed by atoms with Crippen LogP contribution in [0, 0.1) is 48.0 Å². The van der Waals surface area contributed by atoms with Gasteiger partial charge in [-0.25, -0.2) is 5.48 Å². The van der Waals surface area contributed by atoms with Crippen LogP contribution >= 0.6 is 0 Å². The van der Waals surface area contributed by atoms with Crippen molar-refractivity contribution in [1.82, 2.24) is 15.0 Å². The van der Waals surface area contributed by atoms with Crippen LogP contribution in [0.3, 0.4) is 0 Å². The van der Waals surface area contributed by atoms with E-state index in [1.54, 1.807) is 12.4 Å². The van der Waals surface area contributed by atoms with Crippen LogP contribution in [0.1, 0.15) is 6.92 Å². The average molecular weight is 267 g/mol. The van der Waals surface area contributed by atoms with Gasteiger partial charge in [0.05, 0.1) is 6.61 Å². The number of ether oxygens (including phenoxy) is 1. The first-order valence-corrected chi connectivity index (χ1v) is 5.30. The van der Waals surface area contributed by atoms with E-state index >= 15 is 0 Å². The number of aromatic nitrogens is 3. The molecule has 7 nitrogen and oxygen atoms in total. The molecule has 0 bridgehead atoms. The molecule has 0 fully saturated rings. The third-order valence-electron chi connectivity index (χ3n) is 1.55. The predicted molar refractivity (Wildman–Crippen MR) is 72.2 cm³/mol. The van der Waals surface area contributed by atoms with Crippen molar-refractivity contribution >= 4 is 11.9 Å². The molecule has 3 N–H and O–H groups in total. The lowest BCUT2D eigenvalue weighted by molar-refractivity contribution is 0.309. The molecule has 98 valence electrons. The molecule has 0 radical (unpaired) electrons. The molecule has 1 heterocycles. The molecule has 0 aromatic carbocycles. The largest absolute Gasteiger partial charge is 0.464 e. The minimum atomic E-state index is -0.0706. The number of rotatable bonds is 4. The average Bonchev–Trinajstić information content (AvgIpc) is 2.46. The highest BCUT2D eigenvalue weighted by Gasteiger charge is 2.05. The molecule has 20 heavy (non-hydrogen) atoms. The second-order valence-corrected chi connectivity index (χ2v) is 2.83. The minimum absolute atomic E-state index is 0.0503. The van der Waals surface area contributed by atoms with E-state index in [1.807, 2.05) is 0 Å². The number of terminal acetylenes is 1. The van der Waals surface area contributed by atoms with Crippen LogP contribution in [-0.4, -0.2) is 26.8 Å². The van der Waals surface area contributed by atoms with Gasteiger partial charge in [-0.1, -0.05) is 0 Å². The first-order chi connectivity index (χ1) is 9.80. The van der Waals surface area contributed by atoms with Crippen molar-refractivity contribution < 1.29 is 9.94 Å². The van der Waals surface area contributed by atoms with Crippen molar-refractivity contribution in [2.75, 3.05) is 17.4 Å². The minimum Gasteiger partial charge on any atom is -0.464 e. The molecule has 0 aliphatic rings. The molecule has 0 saturated carbocycles. The van der Waals surface area contributed by atoms with Crippen LogP contribution in [0.15, 0.2) is 0 Å². The van der Waals surface area contributed by atoms with Crippen molar-refractivity contribution in [3.05, 3.63) is 0 Å². The molecule has 0 atom stereocenters. The van der Waals surface area contributed by atoms with Crippen LogP contribution in [0.25, 0.3) is 0 Å². The molecular formula is C13H9N5O2. The van der Waals surface area contributed by atoms with E-state index in [4.69, 9.17) is 16.4 Å². The van der Waals surface area contributed by atoms with Gasteiger partial charge in [0, 0.05) is 23.8 Å². The Balaban J connectivity index is 2.76. The topological polar surface area (TPSA) is 92.2 Å². The highest BCUT2D eigenvalue weighted by atomic mass is 16.5. The third-order valence-corrected chi connectivity index (χ3v) is 1.55. The Morgan fingerprint density at radius 2 is 1.80 bits per heavy atom. The Hall–Kier alpha value is -3.39. The number of hydrogen-bond donors (Lipinski definition) is 3. The summed E-state index contributed by atoms with van der Waals surface area (Å²) in [6, 6.07) is 2.54. The van der Waals surface area contributed by atoms with Crippen molar-refractivity contribution in [1.29, 1.82) is 0 Å². The van der Waals surface area contributed by atoms with Crippen LogP contribution in [0.5, 0.6) is 6.01 Å². The second-order valence-electron chi connectivity index (χ2n) is 2.83. The summed E-state index contributed by atoms with van der Waals surface area (Å²) in [7, 11) is 0. The fourth-order valence-electron chi connectivity index (χ4n) is 0.904. The molecular weight excluding hydrogens is 258 g/mol. The van der Waals surface area contributed by atoms with Gasteiger partial charge in [-0.3, -0.25) is 10.5 Å². The van der Waals surface area contributed by atoms with E-state index in [0.717, 1.165) is 0 Å². The molecule has 0 amide bonds. The first kappa shape index (κ1) is 14.7. The lowest BCUT2D eigenvalue weighted by atomic mass is 10.5. The summed E-state index contributed by atoms with van der Waals surface area (Å²) in [6.07, 6.45) is 4.91. The van der Waals surface area contributed by atoms with Crippen LogP contribution in [0.2, 0.25) is 0 Å². The lowest BCUT2D eigenvalue weighted by Crippen LogP contribution is -2.06. The smallest absolute Gasteiger partial charge is 0.323 e. The second kappa shape index (κ2) is 8.66. The zero-order valence-electron chi connectivity index (χ0n) is 10.5. The Labute approximate surface area is 116 Å². The highest BCUT2D eigenvalue weighted by molar-refractivity contribution is 5.43. The van der Waals surface area contributed by atoms with Gasteiger partial charge in [-0.15, -0.1) is 6.42 Å². The maximum absolute atomic E-state index is 8.77. The van der Waals surface area contributed by atoms with Crippen molar-refractivity contribution in [3.63, 3.8) is 0 Å². The summed E-state index contributed by atoms with van der Waals surface area (Å²) in [5.74, 6) is 14.2. The number of hydrogen-bond acceptors (Lipinski definition) is 7. The highest BCUT2D eigenvalue weighted by Crippen LogP contribution is 2.09. The zero-order valence-corrected chi connectivity index (χ0v) is 10.5. The van der Waals surface area contributed by atoms with Crippen molar-refractivity contribution in [2.45, 2.75) is 6.92 Å². The van der Waals surface area contributed by atoms with E-state index in [-0.39, 0.29) is 17.9 Å². The Morgan fingerprint density at radius 1 is 1.10 bits per heavy atom. The van der Waals surface area contributed by atoms with E-state index in [1.165, 1.54) is 0 Å². The molecule has 1 rings (SSSR count). The van der Waals surface area contributed by atoms with Crippen LogP contribution < -0.4 is 15.5 Å². The molecule has 1 aromatic heterocycles. The van der Waals surface area contributed by atoms with Gasteiger partial charge in [0.1, 0.15) is 0 Å². The molecule has 0 aliphatic carbocycles. The monoisotopic (exact) mass is 267 g/mol. The summed E-state index contributed by atoms with van der Waals surface area (Å²) in [5.41, 5.74) is 1.80. The molecule has 0 saturated heterocycles. The molecule has 0 aliphatic heterocycles. The molecule has 1 aromatic rings. The fourth-order valence-corrected chi connectivity index (χ4v) is 0.904. The van der Waals surface area contributed by atoms with Gasteiger partial charge in [-0.05, 0) is 24.7 Å². The normalized spacial score (nSPS) is 7.45. The van der Waals surface area contributed by atoms with Crippen molar-refractivity contribution in [3.8, 4) is 54.0 Å². The maximum Gasteiger partial charge on any atom is 0.323 e. The summed E-state index contributed by atoms with van der Waals surface area (Å²) >= 11 is 0. The molecule has 0 spiro atoms. The maximum atomic E-state index is 8.77. The summed E-state index contributed by atoms with van der Waals surface area (Å²) < 4.78 is 5.09. The predicted octanol–water partition coefficient (Wildman–Crippen LogP) is 0.0842. The van der Waals surface area contributed by atoms with Gasteiger partial charge < -0.3 is 4.74 Å². The fraction of sp³-hybridized carbons (Fsp3) is 0.154. The Kier molecular flexibility index (Phi) is 6.36. The number of nitrogens with zero attached hydrogens (tertiary/aromatic N) is 3. The van der Waals surface area contributed by atoms with Gasteiger partial charge in [0.15, 0.2) is 0 Å². The Morgan fingerprint density at radius 3 is 2.50 bits per heavy atom. The van der Waals surface area contributed by atoms with Gasteiger partial charge in [0.25, 0.3) is 5.95 Å². The molecule has 0 unspecified atom stereocenters. The number of nitrogens with one attached hydrogen (secondary N) is 2. The van der Waals surface area contributed by atoms with E-state index in [2.05, 4.69) is 61.8 Å². The first-order valence-electron chi connectivity index (χ1n) is 5.30. The van der Waals surface area contributed by atoms with Gasteiger partial charge >= 0.3 is 6.01 Å². The zero-order chi connectivity index (χ0) is 14.6. The Bertz CT molecular complexity index is 689.